The smallest absolute Gasteiger partial charge is 0.245 e. The molecule has 0 aromatic carbocycles. The Morgan fingerprint density at radius 3 is 2.21 bits per heavy atom. The molecule has 0 saturated heterocycles. The number of carbonyl (C=O) groups excluding carboxylic acids is 1. The largest absolute Gasteiger partial charge is 0.273 e. The fraction of sp³-hybridized carbons (Fsp3) is 0.818. The summed E-state index contributed by atoms with van der Waals surface area (Å²) in [6.45, 7) is 11.8. The quantitative estimate of drug-likeness (QED) is 0.549. The third kappa shape index (κ3) is 5.73. The minimum absolute atomic E-state index is 0.0411. The second kappa shape index (κ2) is 5.13. The molecule has 0 aliphatic heterocycles. The molecule has 1 N–H and O–H groups in total. The number of hydrogen-bond donors (Lipinski definition) is 1. The summed E-state index contributed by atoms with van der Waals surface area (Å²) in [6, 6.07) is 0. The summed E-state index contributed by atoms with van der Waals surface area (Å²) in [5.74, 6) is 0.533. The Bertz CT molecular complexity index is 224. The average molecular weight is 198 g/mol. The molecule has 0 saturated carbocycles. The molecule has 0 radical (unpaired) electrons. The predicted molar refractivity (Wildman–Crippen MR) is 60.2 cm³/mol. The van der Waals surface area contributed by atoms with Crippen LogP contribution in [0.2, 0.25) is 0 Å². The molecule has 0 bridgehead atoms. The highest BCUT2D eigenvalue weighted by atomic mass is 16.2. The highest BCUT2D eigenvalue weighted by Crippen LogP contribution is 2.12. The van der Waals surface area contributed by atoms with Gasteiger partial charge >= 0.3 is 0 Å². The molecule has 0 unspecified atom stereocenters. The van der Waals surface area contributed by atoms with E-state index in [1.807, 2.05) is 27.7 Å². The lowest BCUT2D eigenvalue weighted by Crippen LogP contribution is -2.32. The van der Waals surface area contributed by atoms with Gasteiger partial charge in [0.05, 0.1) is 0 Å². The lowest BCUT2D eigenvalue weighted by atomic mass is 9.96. The van der Waals surface area contributed by atoms with Crippen LogP contribution in [0.4, 0.5) is 0 Å². The van der Waals surface area contributed by atoms with Crippen LogP contribution in [0.1, 0.15) is 48.0 Å². The van der Waals surface area contributed by atoms with Gasteiger partial charge in [0.25, 0.3) is 0 Å². The second-order valence-electron chi connectivity index (χ2n) is 5.14. The zero-order chi connectivity index (χ0) is 11.4. The van der Waals surface area contributed by atoms with Crippen molar-refractivity contribution in [3.8, 4) is 0 Å². The van der Waals surface area contributed by atoms with Gasteiger partial charge in [-0.1, -0.05) is 34.6 Å². The molecule has 0 aliphatic carbocycles. The second-order valence-corrected chi connectivity index (χ2v) is 5.14. The Kier molecular flexibility index (Phi) is 4.81. The van der Waals surface area contributed by atoms with Crippen LogP contribution < -0.4 is 5.43 Å². The molecule has 0 heterocycles. The minimum atomic E-state index is -0.373. The zero-order valence-electron chi connectivity index (χ0n) is 10.1. The maximum absolute atomic E-state index is 11.4. The number of rotatable bonds is 3. The molecule has 3 heteroatoms. The number of nitrogens with one attached hydrogen (secondary N) is 1. The van der Waals surface area contributed by atoms with Crippen LogP contribution in [-0.4, -0.2) is 11.6 Å². The van der Waals surface area contributed by atoms with Crippen LogP contribution >= 0.6 is 0 Å². The van der Waals surface area contributed by atoms with Crippen molar-refractivity contribution in [1.82, 2.24) is 5.43 Å². The first-order chi connectivity index (χ1) is 6.23. The van der Waals surface area contributed by atoms with Crippen LogP contribution in [0.3, 0.4) is 0 Å². The van der Waals surface area contributed by atoms with Crippen molar-refractivity contribution in [1.29, 1.82) is 0 Å². The van der Waals surface area contributed by atoms with Gasteiger partial charge in [0.15, 0.2) is 0 Å². The Morgan fingerprint density at radius 1 is 1.36 bits per heavy atom. The molecule has 0 rings (SSSR count). The van der Waals surface area contributed by atoms with Crippen molar-refractivity contribution in [2.75, 3.05) is 0 Å². The average Bonchev–Trinajstić information content (AvgIpc) is 1.96. The van der Waals surface area contributed by atoms with Gasteiger partial charge in [-0.25, -0.2) is 5.43 Å². The van der Waals surface area contributed by atoms with Crippen LogP contribution in [0.15, 0.2) is 5.10 Å². The van der Waals surface area contributed by atoms with Gasteiger partial charge in [-0.15, -0.1) is 0 Å². The molecular weight excluding hydrogens is 176 g/mol. The van der Waals surface area contributed by atoms with Gasteiger partial charge < -0.3 is 0 Å². The number of amides is 1. The third-order valence-corrected chi connectivity index (χ3v) is 1.73. The summed E-state index contributed by atoms with van der Waals surface area (Å²) >= 11 is 0. The van der Waals surface area contributed by atoms with E-state index in [0.717, 1.165) is 12.1 Å². The molecule has 0 aromatic heterocycles. The van der Waals surface area contributed by atoms with E-state index in [-0.39, 0.29) is 11.3 Å². The maximum Gasteiger partial charge on any atom is 0.245 e. The molecule has 0 fully saturated rings. The number of hydrogen-bond acceptors (Lipinski definition) is 2. The maximum atomic E-state index is 11.4. The fourth-order valence-electron chi connectivity index (χ4n) is 0.950. The summed E-state index contributed by atoms with van der Waals surface area (Å²) in [6.07, 6.45) is 0.921. The van der Waals surface area contributed by atoms with Crippen molar-refractivity contribution in [3.63, 3.8) is 0 Å². The van der Waals surface area contributed by atoms with Crippen LogP contribution in [0, 0.1) is 11.3 Å². The zero-order valence-corrected chi connectivity index (χ0v) is 10.1. The van der Waals surface area contributed by atoms with Gasteiger partial charge in [0.2, 0.25) is 5.91 Å². The minimum Gasteiger partial charge on any atom is -0.273 e. The van der Waals surface area contributed by atoms with Gasteiger partial charge in [-0.05, 0) is 19.3 Å². The Balaban J connectivity index is 4.10. The summed E-state index contributed by atoms with van der Waals surface area (Å²) in [5.41, 5.74) is 3.17. The third-order valence-electron chi connectivity index (χ3n) is 1.73. The first-order valence-corrected chi connectivity index (χ1v) is 5.07. The Labute approximate surface area is 87.0 Å². The van der Waals surface area contributed by atoms with E-state index < -0.39 is 0 Å². The number of carbonyl (C=O) groups is 1. The van der Waals surface area contributed by atoms with E-state index in [2.05, 4.69) is 24.4 Å². The summed E-state index contributed by atoms with van der Waals surface area (Å²) < 4.78 is 0. The molecule has 0 atom stereocenters. The summed E-state index contributed by atoms with van der Waals surface area (Å²) in [4.78, 5) is 11.4. The molecule has 14 heavy (non-hydrogen) atoms. The Hall–Kier alpha value is -0.860. The number of nitrogens with zero attached hydrogens (tertiary/aromatic N) is 1. The monoisotopic (exact) mass is 198 g/mol. The fourth-order valence-corrected chi connectivity index (χ4v) is 0.950. The van der Waals surface area contributed by atoms with Crippen LogP contribution in [0.25, 0.3) is 0 Å². The topological polar surface area (TPSA) is 41.5 Å². The normalized spacial score (nSPS) is 13.2. The van der Waals surface area contributed by atoms with E-state index in [4.69, 9.17) is 0 Å². The van der Waals surface area contributed by atoms with Crippen LogP contribution in [-0.2, 0) is 4.79 Å². The molecular formula is C11H22N2O. The summed E-state index contributed by atoms with van der Waals surface area (Å²) in [5, 5.41) is 4.05. The Morgan fingerprint density at radius 2 is 1.86 bits per heavy atom. The van der Waals surface area contributed by atoms with Crippen molar-refractivity contribution in [2.24, 2.45) is 16.4 Å². The molecule has 0 aliphatic rings. The van der Waals surface area contributed by atoms with Gasteiger partial charge in [0.1, 0.15) is 0 Å². The van der Waals surface area contributed by atoms with Crippen molar-refractivity contribution < 1.29 is 4.79 Å². The highest BCUT2D eigenvalue weighted by Gasteiger charge is 2.20. The van der Waals surface area contributed by atoms with Crippen molar-refractivity contribution in [2.45, 2.75) is 48.0 Å². The standard InChI is InChI=1S/C11H22N2O/c1-8(2)7-9(3)12-13-10(14)11(4,5)6/h8H,7H2,1-6H3,(H,13,14). The predicted octanol–water partition coefficient (Wildman–Crippen LogP) is 2.57. The molecule has 3 nitrogen and oxygen atoms in total. The van der Waals surface area contributed by atoms with E-state index in [1.165, 1.54) is 0 Å². The van der Waals surface area contributed by atoms with Crippen molar-refractivity contribution in [3.05, 3.63) is 0 Å². The van der Waals surface area contributed by atoms with E-state index in [0.29, 0.717) is 5.92 Å². The van der Waals surface area contributed by atoms with Gasteiger partial charge in [-0.2, -0.15) is 5.10 Å². The molecule has 82 valence electrons. The lowest BCUT2D eigenvalue weighted by Gasteiger charge is -2.15. The number of hydrazone groups is 1. The highest BCUT2D eigenvalue weighted by molar-refractivity contribution is 5.86. The molecule has 1 amide bonds. The van der Waals surface area contributed by atoms with E-state index >= 15 is 0 Å². The molecule has 0 spiro atoms. The molecule has 0 aromatic rings. The van der Waals surface area contributed by atoms with E-state index in [1.54, 1.807) is 0 Å². The first-order valence-electron chi connectivity index (χ1n) is 5.07. The SMILES string of the molecule is CC(CC(C)C)=NNC(=O)C(C)(C)C. The van der Waals surface area contributed by atoms with Crippen molar-refractivity contribution >= 4 is 11.6 Å². The van der Waals surface area contributed by atoms with E-state index in [9.17, 15) is 4.79 Å². The summed E-state index contributed by atoms with van der Waals surface area (Å²) in [7, 11) is 0. The van der Waals surface area contributed by atoms with Crippen LogP contribution in [0.5, 0.6) is 0 Å². The lowest BCUT2D eigenvalue weighted by molar-refractivity contribution is -0.128. The first kappa shape index (κ1) is 13.1. The van der Waals surface area contributed by atoms with Gasteiger partial charge in [-0.3, -0.25) is 4.79 Å². The van der Waals surface area contributed by atoms with Gasteiger partial charge in [0, 0.05) is 11.1 Å².